The van der Waals surface area contributed by atoms with Crippen LogP contribution in [0.3, 0.4) is 0 Å². The Hall–Kier alpha value is -3.54. The van der Waals surface area contributed by atoms with Gasteiger partial charge in [0, 0.05) is 29.7 Å². The fourth-order valence-electron chi connectivity index (χ4n) is 3.24. The lowest BCUT2D eigenvalue weighted by Gasteiger charge is -2.09. The molecule has 0 bridgehead atoms. The van der Waals surface area contributed by atoms with E-state index >= 15 is 0 Å². The highest BCUT2D eigenvalue weighted by Gasteiger charge is 2.15. The van der Waals surface area contributed by atoms with Crippen molar-refractivity contribution in [2.45, 2.75) is 26.7 Å². The summed E-state index contributed by atoms with van der Waals surface area (Å²) in [6.07, 6.45) is 5.76. The van der Waals surface area contributed by atoms with Crippen LogP contribution in [0.25, 0.3) is 16.8 Å². The Morgan fingerprint density at radius 3 is 2.24 bits per heavy atom. The van der Waals surface area contributed by atoms with E-state index in [0.29, 0.717) is 11.6 Å². The summed E-state index contributed by atoms with van der Waals surface area (Å²) in [5, 5.41) is 28.3. The molecule has 1 atom stereocenters. The minimum Gasteiger partial charge on any atom is -0.507 e. The number of hydrogen-bond donors (Lipinski definition) is 3. The number of phenols is 1. The van der Waals surface area contributed by atoms with Crippen LogP contribution in [0.4, 0.5) is 0 Å². The minimum atomic E-state index is -1.18. The number of carboxylic acids is 2. The van der Waals surface area contributed by atoms with Gasteiger partial charge in [-0.15, -0.1) is 0 Å². The van der Waals surface area contributed by atoms with E-state index in [2.05, 4.69) is 13.8 Å². The molecule has 0 aliphatic rings. The second-order valence-corrected chi connectivity index (χ2v) is 7.21. The lowest BCUT2D eigenvalue weighted by atomic mass is 9.95. The third-order valence-electron chi connectivity index (χ3n) is 5.13. The Kier molecular flexibility index (Phi) is 5.73. The standard InChI is InChI=1S/C23H23NO5/c1-3-14(2)10-17-12-24(18-8-9-19(23(28)29)21(25)11-18)13-20(17)15-4-6-16(7-5-15)22(26)27/h4-9,11-14,25H,3,10H2,1-2H3,(H,26,27)(H,28,29)/t14-/m1/s1. The molecule has 6 heteroatoms. The van der Waals surface area contributed by atoms with Crippen LogP contribution in [0.15, 0.2) is 54.9 Å². The van der Waals surface area contributed by atoms with Crippen molar-refractivity contribution in [1.29, 1.82) is 0 Å². The zero-order valence-electron chi connectivity index (χ0n) is 16.3. The van der Waals surface area contributed by atoms with Gasteiger partial charge in [0.15, 0.2) is 0 Å². The molecule has 1 aromatic heterocycles. The van der Waals surface area contributed by atoms with E-state index in [1.54, 1.807) is 30.3 Å². The van der Waals surface area contributed by atoms with Gasteiger partial charge in [-0.25, -0.2) is 9.59 Å². The lowest BCUT2D eigenvalue weighted by Crippen LogP contribution is -1.99. The molecule has 0 aliphatic carbocycles. The van der Waals surface area contributed by atoms with Crippen LogP contribution in [0.2, 0.25) is 0 Å². The third-order valence-corrected chi connectivity index (χ3v) is 5.13. The maximum Gasteiger partial charge on any atom is 0.339 e. The van der Waals surface area contributed by atoms with Crippen LogP contribution in [0.5, 0.6) is 5.75 Å². The van der Waals surface area contributed by atoms with Gasteiger partial charge in [0.1, 0.15) is 11.3 Å². The summed E-state index contributed by atoms with van der Waals surface area (Å²) in [4.78, 5) is 22.3. The van der Waals surface area contributed by atoms with Gasteiger partial charge in [-0.1, -0.05) is 32.4 Å². The largest absolute Gasteiger partial charge is 0.507 e. The van der Waals surface area contributed by atoms with Gasteiger partial charge >= 0.3 is 11.9 Å². The fraction of sp³-hybridized carbons (Fsp3) is 0.217. The zero-order valence-corrected chi connectivity index (χ0v) is 16.3. The average Bonchev–Trinajstić information content (AvgIpc) is 3.11. The summed E-state index contributed by atoms with van der Waals surface area (Å²) in [7, 11) is 0. The van der Waals surface area contributed by atoms with Crippen molar-refractivity contribution < 1.29 is 24.9 Å². The molecule has 6 nitrogen and oxygen atoms in total. The molecule has 0 saturated heterocycles. The van der Waals surface area contributed by atoms with Gasteiger partial charge in [-0.05, 0) is 47.7 Å². The number of benzene rings is 2. The molecule has 0 radical (unpaired) electrons. The number of aromatic nitrogens is 1. The van der Waals surface area contributed by atoms with Crippen molar-refractivity contribution in [3.05, 3.63) is 71.5 Å². The molecule has 150 valence electrons. The van der Waals surface area contributed by atoms with E-state index in [0.717, 1.165) is 29.5 Å². The second-order valence-electron chi connectivity index (χ2n) is 7.21. The number of hydrogen-bond acceptors (Lipinski definition) is 3. The van der Waals surface area contributed by atoms with E-state index in [4.69, 9.17) is 10.2 Å². The molecule has 0 unspecified atom stereocenters. The molecule has 0 saturated carbocycles. The first-order valence-electron chi connectivity index (χ1n) is 9.41. The first kappa shape index (κ1) is 20.2. The van der Waals surface area contributed by atoms with Crippen LogP contribution >= 0.6 is 0 Å². The van der Waals surface area contributed by atoms with Crippen molar-refractivity contribution in [2.75, 3.05) is 0 Å². The summed E-state index contributed by atoms with van der Waals surface area (Å²) >= 11 is 0. The highest BCUT2D eigenvalue weighted by Crippen LogP contribution is 2.31. The number of nitrogens with zero attached hydrogens (tertiary/aromatic N) is 1. The summed E-state index contributed by atoms with van der Waals surface area (Å²) in [5.41, 5.74) is 3.70. The van der Waals surface area contributed by atoms with Gasteiger partial charge < -0.3 is 19.9 Å². The van der Waals surface area contributed by atoms with Gasteiger partial charge in [-0.3, -0.25) is 0 Å². The summed E-state index contributed by atoms with van der Waals surface area (Å²) < 4.78 is 1.85. The van der Waals surface area contributed by atoms with Crippen LogP contribution in [-0.4, -0.2) is 31.8 Å². The molecule has 2 aromatic carbocycles. The Morgan fingerprint density at radius 2 is 1.69 bits per heavy atom. The Balaban J connectivity index is 2.06. The molecule has 3 N–H and O–H groups in total. The summed E-state index contributed by atoms with van der Waals surface area (Å²) in [6.45, 7) is 4.30. The lowest BCUT2D eigenvalue weighted by molar-refractivity contribution is 0.0684. The first-order chi connectivity index (χ1) is 13.8. The molecule has 0 fully saturated rings. The molecule has 29 heavy (non-hydrogen) atoms. The van der Waals surface area contributed by atoms with Crippen LogP contribution < -0.4 is 0 Å². The predicted octanol–water partition coefficient (Wildman–Crippen LogP) is 4.83. The summed E-state index contributed by atoms with van der Waals surface area (Å²) in [6, 6.07) is 11.2. The summed E-state index contributed by atoms with van der Waals surface area (Å²) in [5.74, 6) is -1.98. The SMILES string of the molecule is CC[C@@H](C)Cc1cn(-c2ccc(C(=O)O)c(O)c2)cc1-c1ccc(C(=O)O)cc1. The Bertz CT molecular complexity index is 1050. The van der Waals surface area contributed by atoms with Crippen molar-refractivity contribution in [3.63, 3.8) is 0 Å². The molecule has 3 aromatic rings. The maximum atomic E-state index is 11.1. The Morgan fingerprint density at radius 1 is 1.00 bits per heavy atom. The predicted molar refractivity (Wildman–Crippen MR) is 110 cm³/mol. The van der Waals surface area contributed by atoms with Crippen molar-refractivity contribution in [3.8, 4) is 22.6 Å². The molecule has 0 amide bonds. The molecular formula is C23H23NO5. The van der Waals surface area contributed by atoms with E-state index in [1.165, 1.54) is 12.1 Å². The number of aromatic hydroxyl groups is 1. The molecule has 0 aliphatic heterocycles. The van der Waals surface area contributed by atoms with E-state index in [9.17, 15) is 14.7 Å². The number of aromatic carboxylic acids is 2. The highest BCUT2D eigenvalue weighted by atomic mass is 16.4. The van der Waals surface area contributed by atoms with E-state index < -0.39 is 11.9 Å². The highest BCUT2D eigenvalue weighted by molar-refractivity contribution is 5.91. The van der Waals surface area contributed by atoms with Gasteiger partial charge in [-0.2, -0.15) is 0 Å². The molecular weight excluding hydrogens is 370 g/mol. The third kappa shape index (κ3) is 4.32. The zero-order chi connectivity index (χ0) is 21.1. The van der Waals surface area contributed by atoms with Crippen molar-refractivity contribution >= 4 is 11.9 Å². The Labute approximate surface area is 168 Å². The fourth-order valence-corrected chi connectivity index (χ4v) is 3.24. The normalized spacial score (nSPS) is 11.9. The minimum absolute atomic E-state index is 0.148. The number of carboxylic acid groups (broad SMARTS) is 2. The second kappa shape index (κ2) is 8.22. The van der Waals surface area contributed by atoms with Gasteiger partial charge in [0.05, 0.1) is 5.56 Å². The monoisotopic (exact) mass is 393 g/mol. The van der Waals surface area contributed by atoms with E-state index in [1.807, 2.05) is 17.0 Å². The molecule has 0 spiro atoms. The number of carbonyl (C=O) groups is 2. The quantitative estimate of drug-likeness (QED) is 0.534. The maximum absolute atomic E-state index is 11.1. The smallest absolute Gasteiger partial charge is 0.339 e. The van der Waals surface area contributed by atoms with Crippen LogP contribution in [0.1, 0.15) is 46.5 Å². The topological polar surface area (TPSA) is 99.8 Å². The van der Waals surface area contributed by atoms with Crippen LogP contribution in [0, 0.1) is 5.92 Å². The van der Waals surface area contributed by atoms with Crippen LogP contribution in [-0.2, 0) is 6.42 Å². The number of rotatable bonds is 7. The van der Waals surface area contributed by atoms with E-state index in [-0.39, 0.29) is 16.9 Å². The first-order valence-corrected chi connectivity index (χ1v) is 9.41. The van der Waals surface area contributed by atoms with Gasteiger partial charge in [0.2, 0.25) is 0 Å². The molecule has 1 heterocycles. The van der Waals surface area contributed by atoms with Gasteiger partial charge in [0.25, 0.3) is 0 Å². The average molecular weight is 393 g/mol. The molecule has 3 rings (SSSR count). The van der Waals surface area contributed by atoms with Crippen molar-refractivity contribution in [2.24, 2.45) is 5.92 Å². The van der Waals surface area contributed by atoms with Crippen molar-refractivity contribution in [1.82, 2.24) is 4.57 Å².